The Balaban J connectivity index is 3.00. The third kappa shape index (κ3) is 1.76. The van der Waals surface area contributed by atoms with E-state index in [-0.39, 0.29) is 0 Å². The summed E-state index contributed by atoms with van der Waals surface area (Å²) in [5.41, 5.74) is 2.78. The molecule has 0 bridgehead atoms. The quantitative estimate of drug-likeness (QED) is 0.592. The van der Waals surface area contributed by atoms with Crippen molar-refractivity contribution in [2.45, 2.75) is 26.2 Å². The lowest BCUT2D eigenvalue weighted by atomic mass is 9.93. The zero-order valence-electron chi connectivity index (χ0n) is 7.88. The number of hydrogen-bond acceptors (Lipinski definition) is 0. The van der Waals surface area contributed by atoms with Gasteiger partial charge in [-0.1, -0.05) is 37.3 Å². The van der Waals surface area contributed by atoms with E-state index >= 15 is 0 Å². The maximum absolute atomic E-state index is 3.85. The third-order valence-corrected chi connectivity index (χ3v) is 2.31. The van der Waals surface area contributed by atoms with E-state index in [0.717, 1.165) is 6.42 Å². The maximum Gasteiger partial charge on any atom is 0.00152 e. The summed E-state index contributed by atoms with van der Waals surface area (Å²) in [5, 5.41) is 0. The predicted molar refractivity (Wildman–Crippen MR) is 54.4 cm³/mol. The van der Waals surface area contributed by atoms with Crippen LogP contribution in [0.15, 0.2) is 36.9 Å². The Morgan fingerprint density at radius 1 is 1.42 bits per heavy atom. The molecule has 0 nitrogen and oxygen atoms in total. The van der Waals surface area contributed by atoms with Gasteiger partial charge in [0.1, 0.15) is 0 Å². The summed E-state index contributed by atoms with van der Waals surface area (Å²) < 4.78 is 0. The van der Waals surface area contributed by atoms with E-state index in [0.29, 0.717) is 5.92 Å². The minimum Gasteiger partial charge on any atom is -0.102 e. The second-order valence-electron chi connectivity index (χ2n) is 3.11. The molecule has 0 spiro atoms. The van der Waals surface area contributed by atoms with Crippen LogP contribution in [0.25, 0.3) is 0 Å². The van der Waals surface area contributed by atoms with E-state index in [2.05, 4.69) is 44.7 Å². The fourth-order valence-electron chi connectivity index (χ4n) is 1.52. The first-order chi connectivity index (χ1) is 5.79. The first-order valence-corrected chi connectivity index (χ1v) is 4.47. The molecule has 1 unspecified atom stereocenters. The average molecular weight is 160 g/mol. The van der Waals surface area contributed by atoms with Gasteiger partial charge in [0.2, 0.25) is 0 Å². The summed E-state index contributed by atoms with van der Waals surface area (Å²) in [7, 11) is 0. The average Bonchev–Trinajstić information content (AvgIpc) is 2.10. The Morgan fingerprint density at radius 2 is 2.08 bits per heavy atom. The molecule has 1 atom stereocenters. The molecule has 0 N–H and O–H groups in total. The minimum atomic E-state index is 0.520. The van der Waals surface area contributed by atoms with Gasteiger partial charge >= 0.3 is 0 Å². The Labute approximate surface area is 74.9 Å². The molecule has 0 heterocycles. The highest BCUT2D eigenvalue weighted by molar-refractivity contribution is 5.31. The molecule has 12 heavy (non-hydrogen) atoms. The monoisotopic (exact) mass is 160 g/mol. The highest BCUT2D eigenvalue weighted by atomic mass is 14.1. The maximum atomic E-state index is 3.85. The van der Waals surface area contributed by atoms with E-state index < -0.39 is 0 Å². The van der Waals surface area contributed by atoms with Crippen LogP contribution in [-0.2, 0) is 0 Å². The van der Waals surface area contributed by atoms with Gasteiger partial charge in [-0.05, 0) is 24.5 Å². The largest absolute Gasteiger partial charge is 0.102 e. The van der Waals surface area contributed by atoms with E-state index in [1.807, 2.05) is 6.08 Å². The second-order valence-corrected chi connectivity index (χ2v) is 3.11. The summed E-state index contributed by atoms with van der Waals surface area (Å²) >= 11 is 0. The van der Waals surface area contributed by atoms with Gasteiger partial charge in [-0.15, -0.1) is 6.58 Å². The Bertz CT molecular complexity index is 260. The van der Waals surface area contributed by atoms with Gasteiger partial charge in [-0.2, -0.15) is 0 Å². The van der Waals surface area contributed by atoms with Crippen LogP contribution in [0, 0.1) is 6.92 Å². The molecule has 1 aromatic carbocycles. The highest BCUT2D eigenvalue weighted by Gasteiger charge is 2.05. The Morgan fingerprint density at radius 3 is 2.58 bits per heavy atom. The van der Waals surface area contributed by atoms with Crippen molar-refractivity contribution < 1.29 is 0 Å². The number of aryl methyl sites for hydroxylation is 1. The summed E-state index contributed by atoms with van der Waals surface area (Å²) in [6, 6.07) is 8.51. The molecule has 1 rings (SSSR count). The topological polar surface area (TPSA) is 0 Å². The number of allylic oxidation sites excluding steroid dienone is 1. The summed E-state index contributed by atoms with van der Waals surface area (Å²) in [6.07, 6.45) is 3.16. The summed E-state index contributed by atoms with van der Waals surface area (Å²) in [5.74, 6) is 0.520. The zero-order valence-corrected chi connectivity index (χ0v) is 7.88. The van der Waals surface area contributed by atoms with Gasteiger partial charge < -0.3 is 0 Å². The first kappa shape index (κ1) is 9.05. The molecule has 0 saturated heterocycles. The standard InChI is InChI=1S/C12H16/c1-4-11(5-2)12-9-7-6-8-10(12)3/h4,6-9,11H,1,5H2,2-3H3. The minimum absolute atomic E-state index is 0.520. The number of hydrogen-bond donors (Lipinski definition) is 0. The molecule has 64 valence electrons. The van der Waals surface area contributed by atoms with Crippen LogP contribution in [0.3, 0.4) is 0 Å². The van der Waals surface area contributed by atoms with Crippen molar-refractivity contribution in [1.82, 2.24) is 0 Å². The van der Waals surface area contributed by atoms with Crippen molar-refractivity contribution >= 4 is 0 Å². The van der Waals surface area contributed by atoms with Crippen molar-refractivity contribution in [2.75, 3.05) is 0 Å². The fraction of sp³-hybridized carbons (Fsp3) is 0.333. The molecule has 0 radical (unpaired) electrons. The molecule has 0 aliphatic heterocycles. The van der Waals surface area contributed by atoms with Crippen molar-refractivity contribution in [2.24, 2.45) is 0 Å². The van der Waals surface area contributed by atoms with Crippen LogP contribution >= 0.6 is 0 Å². The van der Waals surface area contributed by atoms with Crippen LogP contribution < -0.4 is 0 Å². The van der Waals surface area contributed by atoms with E-state index in [9.17, 15) is 0 Å². The van der Waals surface area contributed by atoms with Crippen LogP contribution in [-0.4, -0.2) is 0 Å². The van der Waals surface area contributed by atoms with Crippen LogP contribution in [0.1, 0.15) is 30.4 Å². The zero-order chi connectivity index (χ0) is 8.97. The van der Waals surface area contributed by atoms with Crippen molar-refractivity contribution in [3.05, 3.63) is 48.0 Å². The molecule has 0 aromatic heterocycles. The van der Waals surface area contributed by atoms with Gasteiger partial charge in [0.05, 0.1) is 0 Å². The lowest BCUT2D eigenvalue weighted by Crippen LogP contribution is -1.95. The molecule has 1 aromatic rings. The smallest absolute Gasteiger partial charge is 0.00152 e. The molecule has 0 fully saturated rings. The highest BCUT2D eigenvalue weighted by Crippen LogP contribution is 2.23. The lowest BCUT2D eigenvalue weighted by molar-refractivity contribution is 0.801. The third-order valence-electron chi connectivity index (χ3n) is 2.31. The summed E-state index contributed by atoms with van der Waals surface area (Å²) in [6.45, 7) is 8.20. The van der Waals surface area contributed by atoms with Gasteiger partial charge in [-0.3, -0.25) is 0 Å². The lowest BCUT2D eigenvalue weighted by Gasteiger charge is -2.12. The SMILES string of the molecule is C=CC(CC)c1ccccc1C. The molecule has 0 amide bonds. The van der Waals surface area contributed by atoms with Crippen LogP contribution in [0.5, 0.6) is 0 Å². The van der Waals surface area contributed by atoms with Crippen molar-refractivity contribution in [1.29, 1.82) is 0 Å². The molecule has 0 heteroatoms. The molecular weight excluding hydrogens is 144 g/mol. The number of rotatable bonds is 3. The number of benzene rings is 1. The Kier molecular flexibility index (Phi) is 3.09. The molecule has 0 saturated carbocycles. The molecule has 0 aliphatic carbocycles. The first-order valence-electron chi connectivity index (χ1n) is 4.47. The van der Waals surface area contributed by atoms with Crippen LogP contribution in [0.2, 0.25) is 0 Å². The van der Waals surface area contributed by atoms with Gasteiger partial charge in [0.15, 0.2) is 0 Å². The normalized spacial score (nSPS) is 12.5. The predicted octanol–water partition coefficient (Wildman–Crippen LogP) is 3.67. The van der Waals surface area contributed by atoms with Crippen molar-refractivity contribution in [3.63, 3.8) is 0 Å². The molecular formula is C12H16. The van der Waals surface area contributed by atoms with Crippen molar-refractivity contribution in [3.8, 4) is 0 Å². The van der Waals surface area contributed by atoms with E-state index in [4.69, 9.17) is 0 Å². The van der Waals surface area contributed by atoms with Gasteiger partial charge in [0.25, 0.3) is 0 Å². The van der Waals surface area contributed by atoms with Gasteiger partial charge in [0, 0.05) is 5.92 Å². The van der Waals surface area contributed by atoms with Crippen LogP contribution in [0.4, 0.5) is 0 Å². The fourth-order valence-corrected chi connectivity index (χ4v) is 1.52. The Hall–Kier alpha value is -1.04. The second kappa shape index (κ2) is 4.10. The van der Waals surface area contributed by atoms with E-state index in [1.165, 1.54) is 11.1 Å². The summed E-state index contributed by atoms with van der Waals surface area (Å²) in [4.78, 5) is 0. The molecule has 0 aliphatic rings. The van der Waals surface area contributed by atoms with E-state index in [1.54, 1.807) is 0 Å². The van der Waals surface area contributed by atoms with Gasteiger partial charge in [-0.25, -0.2) is 0 Å².